The van der Waals surface area contributed by atoms with Crippen LogP contribution in [0.2, 0.25) is 15.1 Å². The number of nitrogens with zero attached hydrogens (tertiary/aromatic N) is 3. The van der Waals surface area contributed by atoms with Crippen LogP contribution in [0.3, 0.4) is 0 Å². The third kappa shape index (κ3) is 6.01. The maximum absolute atomic E-state index is 12.5. The van der Waals surface area contributed by atoms with Crippen LogP contribution in [0, 0.1) is 0 Å². The Kier molecular flexibility index (Phi) is 8.53. The fourth-order valence-electron chi connectivity index (χ4n) is 2.91. The van der Waals surface area contributed by atoms with E-state index in [1.165, 1.54) is 18.9 Å². The molecule has 0 saturated carbocycles. The molecule has 1 N–H and O–H groups in total. The largest absolute Gasteiger partial charge is 0.495 e. The number of amides is 1. The van der Waals surface area contributed by atoms with Crippen molar-refractivity contribution < 1.29 is 14.3 Å². The van der Waals surface area contributed by atoms with E-state index in [2.05, 4.69) is 15.5 Å². The number of hydrogen-bond donors (Lipinski definition) is 1. The zero-order valence-corrected chi connectivity index (χ0v) is 20.6. The Hall–Kier alpha value is -2.13. The molecular formula is C21H21Cl3N4O3S. The van der Waals surface area contributed by atoms with E-state index in [-0.39, 0.29) is 11.7 Å². The van der Waals surface area contributed by atoms with E-state index in [4.69, 9.17) is 44.3 Å². The van der Waals surface area contributed by atoms with Crippen LogP contribution < -0.4 is 14.8 Å². The van der Waals surface area contributed by atoms with Gasteiger partial charge in [-0.05, 0) is 44.2 Å². The summed E-state index contributed by atoms with van der Waals surface area (Å²) in [6.07, 6.45) is -0.433. The van der Waals surface area contributed by atoms with E-state index in [1.54, 1.807) is 36.4 Å². The predicted molar refractivity (Wildman–Crippen MR) is 129 cm³/mol. The molecule has 2 aromatic carbocycles. The number of thioether (sulfide) groups is 1. The van der Waals surface area contributed by atoms with Gasteiger partial charge in [0, 0.05) is 22.7 Å². The van der Waals surface area contributed by atoms with Crippen LogP contribution in [0.4, 0.5) is 5.69 Å². The molecule has 0 spiro atoms. The minimum Gasteiger partial charge on any atom is -0.495 e. The second-order valence-electron chi connectivity index (χ2n) is 6.60. The second kappa shape index (κ2) is 11.1. The number of rotatable bonds is 9. The van der Waals surface area contributed by atoms with E-state index < -0.39 is 6.10 Å². The molecule has 7 nitrogen and oxygen atoms in total. The number of hydrogen-bond acceptors (Lipinski definition) is 6. The number of carbonyl (C=O) groups excluding carboxylic acids is 1. The van der Waals surface area contributed by atoms with Crippen LogP contribution in [-0.4, -0.2) is 33.5 Å². The summed E-state index contributed by atoms with van der Waals surface area (Å²) in [6, 6.07) is 10.0. The minimum atomic E-state index is -0.433. The van der Waals surface area contributed by atoms with Crippen molar-refractivity contribution >= 4 is 58.2 Å². The Morgan fingerprint density at radius 1 is 1.12 bits per heavy atom. The highest BCUT2D eigenvalue weighted by Gasteiger charge is 2.20. The van der Waals surface area contributed by atoms with E-state index in [0.717, 1.165) is 0 Å². The first-order valence-corrected chi connectivity index (χ1v) is 11.7. The number of nitrogens with one attached hydrogen (secondary N) is 1. The average molecular weight is 516 g/mol. The van der Waals surface area contributed by atoms with Crippen molar-refractivity contribution in [3.05, 3.63) is 57.3 Å². The van der Waals surface area contributed by atoms with Gasteiger partial charge < -0.3 is 19.4 Å². The van der Waals surface area contributed by atoms with Crippen LogP contribution in [0.1, 0.15) is 25.8 Å². The number of halogens is 3. The van der Waals surface area contributed by atoms with Gasteiger partial charge in [0.25, 0.3) is 0 Å². The van der Waals surface area contributed by atoms with E-state index in [1.807, 2.05) is 18.4 Å². The third-order valence-electron chi connectivity index (χ3n) is 4.39. The highest BCUT2D eigenvalue weighted by atomic mass is 35.5. The molecule has 1 atom stereocenters. The maximum atomic E-state index is 12.5. The zero-order valence-electron chi connectivity index (χ0n) is 17.6. The Morgan fingerprint density at radius 3 is 2.56 bits per heavy atom. The van der Waals surface area contributed by atoms with Gasteiger partial charge in [0.1, 0.15) is 11.5 Å². The molecule has 1 unspecified atom stereocenters. The van der Waals surface area contributed by atoms with E-state index >= 15 is 0 Å². The van der Waals surface area contributed by atoms with Crippen molar-refractivity contribution in [1.82, 2.24) is 14.8 Å². The molecule has 1 heterocycles. The first-order chi connectivity index (χ1) is 15.3. The van der Waals surface area contributed by atoms with E-state index in [9.17, 15) is 4.79 Å². The summed E-state index contributed by atoms with van der Waals surface area (Å²) in [5.41, 5.74) is 0.503. The number of anilines is 1. The van der Waals surface area contributed by atoms with Crippen LogP contribution in [-0.2, 0) is 11.3 Å². The Bertz CT molecular complexity index is 1110. The minimum absolute atomic E-state index is 0.128. The van der Waals surface area contributed by atoms with Gasteiger partial charge in [-0.1, -0.05) is 46.6 Å². The number of ether oxygens (including phenoxy) is 2. The lowest BCUT2D eigenvalue weighted by Gasteiger charge is -2.16. The molecule has 3 aromatic rings. The van der Waals surface area contributed by atoms with Gasteiger partial charge in [-0.3, -0.25) is 4.79 Å². The van der Waals surface area contributed by atoms with E-state index in [0.29, 0.717) is 49.8 Å². The average Bonchev–Trinajstić information content (AvgIpc) is 3.18. The lowest BCUT2D eigenvalue weighted by atomic mass is 10.3. The molecule has 11 heteroatoms. The molecule has 0 aliphatic carbocycles. The van der Waals surface area contributed by atoms with Crippen LogP contribution in [0.15, 0.2) is 41.6 Å². The number of carbonyl (C=O) groups is 1. The third-order valence-corrected chi connectivity index (χ3v) is 6.14. The molecule has 3 rings (SSSR count). The van der Waals surface area contributed by atoms with Gasteiger partial charge in [0.15, 0.2) is 17.1 Å². The van der Waals surface area contributed by atoms with Gasteiger partial charge in [-0.25, -0.2) is 0 Å². The molecule has 170 valence electrons. The first kappa shape index (κ1) is 24.5. The van der Waals surface area contributed by atoms with Gasteiger partial charge in [0.2, 0.25) is 5.91 Å². The summed E-state index contributed by atoms with van der Waals surface area (Å²) in [7, 11) is 1.53. The monoisotopic (exact) mass is 514 g/mol. The Labute approximate surface area is 205 Å². The molecule has 1 amide bonds. The molecular weight excluding hydrogens is 495 g/mol. The molecule has 0 radical (unpaired) electrons. The Morgan fingerprint density at radius 2 is 1.84 bits per heavy atom. The smallest absolute Gasteiger partial charge is 0.234 e. The summed E-state index contributed by atoms with van der Waals surface area (Å²) in [4.78, 5) is 12.5. The maximum Gasteiger partial charge on any atom is 0.234 e. The van der Waals surface area contributed by atoms with Gasteiger partial charge in [-0.15, -0.1) is 10.2 Å². The summed E-state index contributed by atoms with van der Waals surface area (Å²) >= 11 is 19.5. The first-order valence-electron chi connectivity index (χ1n) is 9.63. The molecule has 0 aliphatic rings. The van der Waals surface area contributed by atoms with Crippen molar-refractivity contribution in [3.63, 3.8) is 0 Å². The summed E-state index contributed by atoms with van der Waals surface area (Å²) < 4.78 is 13.1. The lowest BCUT2D eigenvalue weighted by molar-refractivity contribution is -0.113. The SMILES string of the molecule is CCn1c(SCC(=O)Nc2cc(Cl)ccc2OC)nnc1C(C)Oc1cc(Cl)ccc1Cl. The number of aromatic nitrogens is 3. The fourth-order valence-corrected chi connectivity index (χ4v) is 4.22. The van der Waals surface area contributed by atoms with Gasteiger partial charge >= 0.3 is 0 Å². The van der Waals surface area contributed by atoms with Crippen LogP contribution in [0.25, 0.3) is 0 Å². The molecule has 0 bridgehead atoms. The predicted octanol–water partition coefficient (Wildman–Crippen LogP) is 6.14. The van der Waals surface area contributed by atoms with Crippen LogP contribution in [0.5, 0.6) is 11.5 Å². The van der Waals surface area contributed by atoms with Crippen molar-refractivity contribution in [2.45, 2.75) is 31.7 Å². The topological polar surface area (TPSA) is 78.3 Å². The molecule has 32 heavy (non-hydrogen) atoms. The number of methoxy groups -OCH3 is 1. The second-order valence-corrected chi connectivity index (χ2v) is 8.82. The van der Waals surface area contributed by atoms with Crippen molar-refractivity contribution in [2.24, 2.45) is 0 Å². The van der Waals surface area contributed by atoms with Gasteiger partial charge in [0.05, 0.1) is 23.6 Å². The molecule has 0 fully saturated rings. The standard InChI is InChI=1S/C21H21Cl3N4O3S/c1-4-28-20(12(2)31-18-10-14(23)5-7-15(18)24)26-27-21(28)32-11-19(29)25-16-9-13(22)6-8-17(16)30-3/h5-10,12H,4,11H2,1-3H3,(H,25,29). The molecule has 0 aliphatic heterocycles. The van der Waals surface area contributed by atoms with Gasteiger partial charge in [-0.2, -0.15) is 0 Å². The highest BCUT2D eigenvalue weighted by molar-refractivity contribution is 7.99. The zero-order chi connectivity index (χ0) is 23.3. The summed E-state index contributed by atoms with van der Waals surface area (Å²) in [6.45, 7) is 4.41. The quantitative estimate of drug-likeness (QED) is 0.345. The molecule has 1 aromatic heterocycles. The van der Waals surface area contributed by atoms with Crippen LogP contribution >= 0.6 is 46.6 Å². The molecule has 0 saturated heterocycles. The summed E-state index contributed by atoms with van der Waals surface area (Å²) in [5, 5.41) is 13.4. The Balaban J connectivity index is 1.67. The normalized spacial score (nSPS) is 11.8. The van der Waals surface area contributed by atoms with Crippen molar-refractivity contribution in [3.8, 4) is 11.5 Å². The number of benzene rings is 2. The fraction of sp³-hybridized carbons (Fsp3) is 0.286. The lowest BCUT2D eigenvalue weighted by Crippen LogP contribution is -2.16. The van der Waals surface area contributed by atoms with Crippen molar-refractivity contribution in [2.75, 3.05) is 18.2 Å². The van der Waals surface area contributed by atoms with Crippen molar-refractivity contribution in [1.29, 1.82) is 0 Å². The summed E-state index contributed by atoms with van der Waals surface area (Å²) in [5.74, 6) is 1.50. The highest BCUT2D eigenvalue weighted by Crippen LogP contribution is 2.32.